The monoisotopic (exact) mass is 314 g/mol. The van der Waals surface area contributed by atoms with Crippen LogP contribution in [0.4, 0.5) is 10.5 Å². The first kappa shape index (κ1) is 16.8. The molecule has 122 valence electrons. The van der Waals surface area contributed by atoms with Crippen molar-refractivity contribution in [3.05, 3.63) is 59.7 Å². The van der Waals surface area contributed by atoms with Crippen LogP contribution in [0.5, 0.6) is 5.75 Å². The van der Waals surface area contributed by atoms with E-state index in [2.05, 4.69) is 10.6 Å². The predicted molar refractivity (Wildman–Crippen MR) is 90.8 cm³/mol. The molecule has 5 heteroatoms. The maximum Gasteiger partial charge on any atom is 0.319 e. The molecule has 0 saturated heterocycles. The number of nitrogens with one attached hydrogen (secondary N) is 2. The summed E-state index contributed by atoms with van der Waals surface area (Å²) in [7, 11) is 0. The summed E-state index contributed by atoms with van der Waals surface area (Å²) in [6.07, 6.45) is -0.0535. The first-order chi connectivity index (χ1) is 11.1. The van der Waals surface area contributed by atoms with Gasteiger partial charge in [-0.05, 0) is 43.2 Å². The van der Waals surface area contributed by atoms with Crippen LogP contribution in [0.3, 0.4) is 0 Å². The number of hydrogen-bond donors (Lipinski definition) is 3. The highest BCUT2D eigenvalue weighted by Gasteiger charge is 2.09. The molecule has 0 bridgehead atoms. The molecule has 0 aliphatic rings. The summed E-state index contributed by atoms with van der Waals surface area (Å²) in [4.78, 5) is 11.6. The molecule has 2 rings (SSSR count). The van der Waals surface area contributed by atoms with E-state index in [-0.39, 0.29) is 25.3 Å². The second-order valence-corrected chi connectivity index (χ2v) is 5.25. The van der Waals surface area contributed by atoms with Crippen molar-refractivity contribution in [1.29, 1.82) is 0 Å². The fraction of sp³-hybridized carbons (Fsp3) is 0.278. The van der Waals surface area contributed by atoms with Gasteiger partial charge in [-0.2, -0.15) is 0 Å². The standard InChI is InChI=1S/C18H22N2O3/c1-13-12-16(23-14(2)15-6-4-3-5-7-15)8-9-17(13)20-18(22)19-10-11-21/h3-9,12,14,21H,10-11H2,1-2H3,(H2,19,20,22)/t14-/m1/s1. The highest BCUT2D eigenvalue weighted by Crippen LogP contribution is 2.26. The molecule has 1 atom stereocenters. The summed E-state index contributed by atoms with van der Waals surface area (Å²) < 4.78 is 5.94. The summed E-state index contributed by atoms with van der Waals surface area (Å²) in [6.45, 7) is 4.04. The van der Waals surface area contributed by atoms with Crippen LogP contribution in [0.25, 0.3) is 0 Å². The molecule has 0 aromatic heterocycles. The van der Waals surface area contributed by atoms with Gasteiger partial charge in [0, 0.05) is 12.2 Å². The van der Waals surface area contributed by atoms with Gasteiger partial charge in [-0.3, -0.25) is 0 Å². The predicted octanol–water partition coefficient (Wildman–Crippen LogP) is 3.25. The molecule has 2 amide bonds. The van der Waals surface area contributed by atoms with Gasteiger partial charge in [0.2, 0.25) is 0 Å². The summed E-state index contributed by atoms with van der Waals surface area (Å²) >= 11 is 0. The number of hydrogen-bond acceptors (Lipinski definition) is 3. The van der Waals surface area contributed by atoms with Crippen LogP contribution < -0.4 is 15.4 Å². The fourth-order valence-corrected chi connectivity index (χ4v) is 2.18. The Bertz CT molecular complexity index is 644. The highest BCUT2D eigenvalue weighted by molar-refractivity contribution is 5.90. The fourth-order valence-electron chi connectivity index (χ4n) is 2.18. The number of aliphatic hydroxyl groups excluding tert-OH is 1. The van der Waals surface area contributed by atoms with Crippen LogP contribution in [-0.2, 0) is 0 Å². The number of aryl methyl sites for hydroxylation is 1. The minimum atomic E-state index is -0.339. The molecule has 0 radical (unpaired) electrons. The molecule has 0 aliphatic carbocycles. The summed E-state index contributed by atoms with van der Waals surface area (Å²) in [5.74, 6) is 0.750. The summed E-state index contributed by atoms with van der Waals surface area (Å²) in [5, 5.41) is 14.0. The van der Waals surface area contributed by atoms with Crippen molar-refractivity contribution >= 4 is 11.7 Å². The van der Waals surface area contributed by atoms with E-state index in [1.807, 2.05) is 56.3 Å². The Morgan fingerprint density at radius 3 is 2.61 bits per heavy atom. The average Bonchev–Trinajstić information content (AvgIpc) is 2.56. The smallest absolute Gasteiger partial charge is 0.319 e. The largest absolute Gasteiger partial charge is 0.486 e. The minimum absolute atomic E-state index is 0.0535. The quantitative estimate of drug-likeness (QED) is 0.766. The van der Waals surface area contributed by atoms with Gasteiger partial charge in [0.25, 0.3) is 0 Å². The van der Waals surface area contributed by atoms with Crippen LogP contribution >= 0.6 is 0 Å². The summed E-state index contributed by atoms with van der Waals surface area (Å²) in [6, 6.07) is 15.2. The van der Waals surface area contributed by atoms with Crippen LogP contribution in [0.2, 0.25) is 0 Å². The average molecular weight is 314 g/mol. The van der Waals surface area contributed by atoms with E-state index in [9.17, 15) is 4.79 Å². The molecule has 0 unspecified atom stereocenters. The number of urea groups is 1. The Morgan fingerprint density at radius 2 is 1.96 bits per heavy atom. The molecule has 0 saturated carbocycles. The van der Waals surface area contributed by atoms with Crippen molar-refractivity contribution in [2.45, 2.75) is 20.0 Å². The Labute approximate surface area is 136 Å². The molecule has 23 heavy (non-hydrogen) atoms. The lowest BCUT2D eigenvalue weighted by Gasteiger charge is -2.16. The number of aliphatic hydroxyl groups is 1. The second kappa shape index (κ2) is 8.19. The Morgan fingerprint density at radius 1 is 1.22 bits per heavy atom. The summed E-state index contributed by atoms with van der Waals surface area (Å²) in [5.41, 5.74) is 2.72. The van der Waals surface area contributed by atoms with Crippen LogP contribution in [0, 0.1) is 6.92 Å². The van der Waals surface area contributed by atoms with E-state index in [1.165, 1.54) is 0 Å². The molecule has 2 aromatic rings. The van der Waals surface area contributed by atoms with Gasteiger partial charge >= 0.3 is 6.03 Å². The van der Waals surface area contributed by atoms with Gasteiger partial charge in [-0.15, -0.1) is 0 Å². The minimum Gasteiger partial charge on any atom is -0.486 e. The maximum absolute atomic E-state index is 11.6. The van der Waals surface area contributed by atoms with E-state index in [0.717, 1.165) is 16.9 Å². The zero-order valence-corrected chi connectivity index (χ0v) is 13.4. The van der Waals surface area contributed by atoms with E-state index < -0.39 is 0 Å². The van der Waals surface area contributed by atoms with Crippen molar-refractivity contribution in [2.75, 3.05) is 18.5 Å². The van der Waals surface area contributed by atoms with E-state index in [0.29, 0.717) is 5.69 Å². The molecule has 5 nitrogen and oxygen atoms in total. The lowest BCUT2D eigenvalue weighted by Crippen LogP contribution is -2.31. The number of benzene rings is 2. The van der Waals surface area contributed by atoms with E-state index in [4.69, 9.17) is 9.84 Å². The van der Waals surface area contributed by atoms with Gasteiger partial charge in [-0.1, -0.05) is 30.3 Å². The number of amides is 2. The molecule has 2 aromatic carbocycles. The molecule has 3 N–H and O–H groups in total. The molecule has 0 fully saturated rings. The third-order valence-electron chi connectivity index (χ3n) is 3.43. The van der Waals surface area contributed by atoms with Crippen LogP contribution in [-0.4, -0.2) is 24.3 Å². The second-order valence-electron chi connectivity index (χ2n) is 5.25. The van der Waals surface area contributed by atoms with Crippen molar-refractivity contribution < 1.29 is 14.6 Å². The van der Waals surface area contributed by atoms with Gasteiger partial charge in [0.05, 0.1) is 6.61 Å². The number of carbonyl (C=O) groups excluding carboxylic acids is 1. The number of anilines is 1. The lowest BCUT2D eigenvalue weighted by atomic mass is 10.1. The topological polar surface area (TPSA) is 70.6 Å². The van der Waals surface area contributed by atoms with Gasteiger partial charge < -0.3 is 20.5 Å². The first-order valence-electron chi connectivity index (χ1n) is 7.58. The maximum atomic E-state index is 11.6. The zero-order chi connectivity index (χ0) is 16.7. The molecule has 0 heterocycles. The highest BCUT2D eigenvalue weighted by atomic mass is 16.5. The third-order valence-corrected chi connectivity index (χ3v) is 3.43. The SMILES string of the molecule is Cc1cc(O[C@H](C)c2ccccc2)ccc1NC(=O)NCCO. The third kappa shape index (κ3) is 5.00. The normalized spacial score (nSPS) is 11.6. The van der Waals surface area contributed by atoms with Gasteiger partial charge in [0.1, 0.15) is 11.9 Å². The molecular formula is C18H22N2O3. The van der Waals surface area contributed by atoms with Crippen LogP contribution in [0.15, 0.2) is 48.5 Å². The Hall–Kier alpha value is -2.53. The van der Waals surface area contributed by atoms with Crippen molar-refractivity contribution in [1.82, 2.24) is 5.32 Å². The Kier molecular flexibility index (Phi) is 6.00. The van der Waals surface area contributed by atoms with Gasteiger partial charge in [-0.25, -0.2) is 4.79 Å². The van der Waals surface area contributed by atoms with Crippen molar-refractivity contribution in [2.24, 2.45) is 0 Å². The Balaban J connectivity index is 2.00. The van der Waals surface area contributed by atoms with Gasteiger partial charge in [0.15, 0.2) is 0 Å². The first-order valence-corrected chi connectivity index (χ1v) is 7.58. The van der Waals surface area contributed by atoms with Crippen molar-refractivity contribution in [3.63, 3.8) is 0 Å². The van der Waals surface area contributed by atoms with Crippen LogP contribution in [0.1, 0.15) is 24.2 Å². The molecule has 0 aliphatic heterocycles. The lowest BCUT2D eigenvalue weighted by molar-refractivity contribution is 0.227. The number of carbonyl (C=O) groups is 1. The van der Waals surface area contributed by atoms with Crippen molar-refractivity contribution in [3.8, 4) is 5.75 Å². The number of rotatable bonds is 6. The molecular weight excluding hydrogens is 292 g/mol. The number of ether oxygens (including phenoxy) is 1. The van der Waals surface area contributed by atoms with E-state index in [1.54, 1.807) is 6.07 Å². The molecule has 0 spiro atoms. The zero-order valence-electron chi connectivity index (χ0n) is 13.4. The van der Waals surface area contributed by atoms with E-state index >= 15 is 0 Å².